The molecular formula is C13H16BrN3O2. The zero-order valence-corrected chi connectivity index (χ0v) is 12.8. The Labute approximate surface area is 120 Å². The zero-order valence-electron chi connectivity index (χ0n) is 11.2. The average Bonchev–Trinajstić information content (AvgIpc) is 3.01. The van der Waals surface area contributed by atoms with Gasteiger partial charge in [-0.1, -0.05) is 0 Å². The van der Waals surface area contributed by atoms with Gasteiger partial charge in [0.05, 0.1) is 6.07 Å². The van der Waals surface area contributed by atoms with Gasteiger partial charge in [0.2, 0.25) is 0 Å². The first-order valence-electron chi connectivity index (χ1n) is 6.20. The third-order valence-electron chi connectivity index (χ3n) is 2.78. The Bertz CT molecular complexity index is 535. The van der Waals surface area contributed by atoms with E-state index in [0.29, 0.717) is 10.3 Å². The molecule has 1 aliphatic carbocycles. The number of rotatable bonds is 3. The third-order valence-corrected chi connectivity index (χ3v) is 3.17. The fourth-order valence-electron chi connectivity index (χ4n) is 1.83. The second kappa shape index (κ2) is 4.97. The summed E-state index contributed by atoms with van der Waals surface area (Å²) in [6, 6.07) is 3.43. The summed E-state index contributed by atoms with van der Waals surface area (Å²) in [6.45, 7) is 5.43. The predicted octanol–water partition coefficient (Wildman–Crippen LogP) is 3.08. The van der Waals surface area contributed by atoms with Crippen LogP contribution >= 0.6 is 15.9 Å². The lowest BCUT2D eigenvalue weighted by atomic mass is 10.2. The molecule has 0 N–H and O–H groups in total. The predicted molar refractivity (Wildman–Crippen MR) is 72.5 cm³/mol. The molecule has 19 heavy (non-hydrogen) atoms. The van der Waals surface area contributed by atoms with E-state index in [1.54, 1.807) is 6.07 Å². The van der Waals surface area contributed by atoms with Gasteiger partial charge < -0.3 is 4.74 Å². The molecule has 2 rings (SSSR count). The van der Waals surface area contributed by atoms with Gasteiger partial charge in [-0.3, -0.25) is 0 Å². The van der Waals surface area contributed by atoms with Crippen LogP contribution in [0.5, 0.6) is 0 Å². The Morgan fingerprint density at radius 3 is 2.74 bits per heavy atom. The number of aromatic nitrogens is 2. The van der Waals surface area contributed by atoms with E-state index in [9.17, 15) is 10.1 Å². The number of ether oxygens (including phenoxy) is 1. The van der Waals surface area contributed by atoms with E-state index in [2.05, 4.69) is 27.1 Å². The molecule has 0 aliphatic heterocycles. The normalized spacial score (nSPS) is 16.8. The molecule has 0 bridgehead atoms. The summed E-state index contributed by atoms with van der Waals surface area (Å²) in [6.07, 6.45) is 2.01. The lowest BCUT2D eigenvalue weighted by Crippen LogP contribution is -2.26. The van der Waals surface area contributed by atoms with Gasteiger partial charge >= 0.3 is 5.97 Å². The summed E-state index contributed by atoms with van der Waals surface area (Å²) in [5.41, 5.74) is -0.249. The van der Waals surface area contributed by atoms with Gasteiger partial charge in [-0.25, -0.2) is 9.48 Å². The number of nitriles is 1. The number of carbonyl (C=O) groups is 1. The third kappa shape index (κ3) is 3.35. The Kier molecular flexibility index (Phi) is 3.68. The molecule has 0 amide bonds. The molecule has 1 atom stereocenters. The van der Waals surface area contributed by atoms with E-state index in [-0.39, 0.29) is 5.92 Å². The van der Waals surface area contributed by atoms with Gasteiger partial charge in [-0.2, -0.15) is 10.4 Å². The van der Waals surface area contributed by atoms with Crippen LogP contribution in [0, 0.1) is 17.2 Å². The highest BCUT2D eigenvalue weighted by Crippen LogP contribution is 2.40. The van der Waals surface area contributed by atoms with Crippen molar-refractivity contribution in [2.45, 2.75) is 45.3 Å². The van der Waals surface area contributed by atoms with Gasteiger partial charge in [0.1, 0.15) is 21.9 Å². The smallest absolute Gasteiger partial charge is 0.357 e. The Hall–Kier alpha value is -1.35. The molecule has 102 valence electrons. The summed E-state index contributed by atoms with van der Waals surface area (Å²) in [7, 11) is 0. The Morgan fingerprint density at radius 2 is 2.26 bits per heavy atom. The largest absolute Gasteiger partial charge is 0.455 e. The number of esters is 1. The van der Waals surface area contributed by atoms with Gasteiger partial charge in [0, 0.05) is 6.07 Å². The second-order valence-electron chi connectivity index (χ2n) is 5.71. The van der Waals surface area contributed by atoms with Crippen LogP contribution in [0.1, 0.15) is 50.1 Å². The summed E-state index contributed by atoms with van der Waals surface area (Å²) >= 11 is 3.25. The minimum Gasteiger partial charge on any atom is -0.455 e. The maximum Gasteiger partial charge on any atom is 0.357 e. The molecule has 1 fully saturated rings. The van der Waals surface area contributed by atoms with Gasteiger partial charge in [-0.15, -0.1) is 0 Å². The summed E-state index contributed by atoms with van der Waals surface area (Å²) in [4.78, 5) is 12.1. The molecule has 5 nitrogen and oxygen atoms in total. The van der Waals surface area contributed by atoms with Crippen molar-refractivity contribution in [2.75, 3.05) is 0 Å². The zero-order chi connectivity index (χ0) is 14.2. The molecule has 0 saturated heterocycles. The Balaban J connectivity index is 2.30. The van der Waals surface area contributed by atoms with E-state index < -0.39 is 17.6 Å². The fourth-order valence-corrected chi connectivity index (χ4v) is 2.22. The van der Waals surface area contributed by atoms with Crippen molar-refractivity contribution in [3.05, 3.63) is 16.4 Å². The number of carbonyl (C=O) groups excluding carboxylic acids is 1. The van der Waals surface area contributed by atoms with E-state index in [1.807, 2.05) is 20.8 Å². The Morgan fingerprint density at radius 1 is 1.63 bits per heavy atom. The van der Waals surface area contributed by atoms with Gasteiger partial charge in [0.25, 0.3) is 0 Å². The first-order chi connectivity index (χ1) is 8.81. The maximum absolute atomic E-state index is 12.1. The molecule has 1 aromatic heterocycles. The van der Waals surface area contributed by atoms with Gasteiger partial charge in [0.15, 0.2) is 0 Å². The quantitative estimate of drug-likeness (QED) is 0.801. The summed E-state index contributed by atoms with van der Waals surface area (Å²) in [5, 5.41) is 13.5. The first-order valence-corrected chi connectivity index (χ1v) is 6.99. The first kappa shape index (κ1) is 14.1. The SMILES string of the molecule is CC(C)(C)OC(=O)c1cc(Br)nn1C(C#N)C1CC1. The minimum absolute atomic E-state index is 0.290. The molecule has 0 aromatic carbocycles. The standard InChI is InChI=1S/C13H16BrN3O2/c1-13(2,3)19-12(18)9-6-11(14)16-17(9)10(7-15)8-4-5-8/h6,8,10H,4-5H2,1-3H3. The van der Waals surface area contributed by atoms with Crippen LogP contribution in [-0.2, 0) is 4.74 Å². The average molecular weight is 326 g/mol. The van der Waals surface area contributed by atoms with Crippen molar-refractivity contribution < 1.29 is 9.53 Å². The highest BCUT2D eigenvalue weighted by atomic mass is 79.9. The van der Waals surface area contributed by atoms with Crippen molar-refractivity contribution in [1.29, 1.82) is 5.26 Å². The number of hydrogen-bond donors (Lipinski definition) is 0. The van der Waals surface area contributed by atoms with Crippen LogP contribution < -0.4 is 0 Å². The van der Waals surface area contributed by atoms with Crippen molar-refractivity contribution in [1.82, 2.24) is 9.78 Å². The van der Waals surface area contributed by atoms with Crippen LogP contribution in [0.2, 0.25) is 0 Å². The highest BCUT2D eigenvalue weighted by Gasteiger charge is 2.36. The molecule has 0 radical (unpaired) electrons. The lowest BCUT2D eigenvalue weighted by Gasteiger charge is -2.20. The maximum atomic E-state index is 12.1. The van der Waals surface area contributed by atoms with E-state index >= 15 is 0 Å². The molecule has 1 saturated carbocycles. The van der Waals surface area contributed by atoms with Gasteiger partial charge in [-0.05, 0) is 55.5 Å². The fraction of sp³-hybridized carbons (Fsp3) is 0.615. The van der Waals surface area contributed by atoms with E-state index in [1.165, 1.54) is 4.68 Å². The molecule has 1 unspecified atom stereocenters. The second-order valence-corrected chi connectivity index (χ2v) is 6.52. The molecule has 0 spiro atoms. The number of halogens is 1. The van der Waals surface area contributed by atoms with Crippen molar-refractivity contribution in [3.63, 3.8) is 0 Å². The number of nitrogens with zero attached hydrogens (tertiary/aromatic N) is 3. The molecule has 1 aromatic rings. The van der Waals surface area contributed by atoms with E-state index in [0.717, 1.165) is 12.8 Å². The summed E-state index contributed by atoms with van der Waals surface area (Å²) in [5.74, 6) is -0.162. The molecule has 1 heterocycles. The minimum atomic E-state index is -0.569. The summed E-state index contributed by atoms with van der Waals surface area (Å²) < 4.78 is 7.36. The molecule has 6 heteroatoms. The lowest BCUT2D eigenvalue weighted by molar-refractivity contribution is 0.00544. The topological polar surface area (TPSA) is 67.9 Å². The van der Waals surface area contributed by atoms with Crippen molar-refractivity contribution in [2.24, 2.45) is 5.92 Å². The molecule has 1 aliphatic rings. The van der Waals surface area contributed by atoms with Crippen molar-refractivity contribution in [3.8, 4) is 6.07 Å². The number of hydrogen-bond acceptors (Lipinski definition) is 4. The van der Waals surface area contributed by atoms with Crippen molar-refractivity contribution >= 4 is 21.9 Å². The van der Waals surface area contributed by atoms with Crippen LogP contribution in [0.4, 0.5) is 0 Å². The van der Waals surface area contributed by atoms with E-state index in [4.69, 9.17) is 4.74 Å². The monoisotopic (exact) mass is 325 g/mol. The van der Waals surface area contributed by atoms with Crippen LogP contribution in [0.3, 0.4) is 0 Å². The van der Waals surface area contributed by atoms with Crippen LogP contribution in [0.25, 0.3) is 0 Å². The van der Waals surface area contributed by atoms with Crippen LogP contribution in [-0.4, -0.2) is 21.4 Å². The molecular weight excluding hydrogens is 310 g/mol. The highest BCUT2D eigenvalue weighted by molar-refractivity contribution is 9.10. The van der Waals surface area contributed by atoms with Crippen LogP contribution in [0.15, 0.2) is 10.7 Å².